The first-order valence-corrected chi connectivity index (χ1v) is 18.7. The van der Waals surface area contributed by atoms with Crippen molar-refractivity contribution >= 4 is 5.97 Å². The van der Waals surface area contributed by atoms with Gasteiger partial charge in [0, 0.05) is 39.0 Å². The molecule has 4 aliphatic heterocycles. The fourth-order valence-corrected chi connectivity index (χ4v) is 9.40. The van der Waals surface area contributed by atoms with Gasteiger partial charge < -0.3 is 53.8 Å². The first-order valence-electron chi connectivity index (χ1n) is 18.7. The summed E-state index contributed by atoms with van der Waals surface area (Å²) in [6.45, 7) is 19.2. The maximum absolute atomic E-state index is 14.3. The van der Waals surface area contributed by atoms with Crippen molar-refractivity contribution in [2.24, 2.45) is 23.7 Å². The first kappa shape index (κ1) is 41.4. The third kappa shape index (κ3) is 7.80. The molecule has 12 nitrogen and oxygen atoms in total. The first-order chi connectivity index (χ1) is 23.3. The Kier molecular flexibility index (Phi) is 13.2. The second-order valence-corrected chi connectivity index (χ2v) is 16.4. The van der Waals surface area contributed by atoms with Gasteiger partial charge in [0.05, 0.1) is 35.9 Å². The second-order valence-electron chi connectivity index (χ2n) is 16.4. The number of hydrogen-bond acceptors (Lipinski definition) is 12. The molecule has 4 rings (SSSR count). The zero-order chi connectivity index (χ0) is 37.5. The van der Waals surface area contributed by atoms with Crippen LogP contribution in [0.2, 0.25) is 0 Å². The molecule has 0 aromatic carbocycles. The SMILES string of the molecule is CC[C@H]1OC(=O)[C@H](C)[C@@H](C[C@H]2C[C@@](C)(OC)[C@@H](O)[C@H](C)O2)[C@H](C)[C@@H](O[C@@H]2O[C@H](C)C[C@H](NC)[C@H]2O)[C@@]2(C)CC(C)=C(O2)[C@H](C)C(O)[C@]1(C)OC. The quantitative estimate of drug-likeness (QED) is 0.270. The van der Waals surface area contributed by atoms with E-state index in [1.165, 1.54) is 7.11 Å². The number of hydrogen-bond donors (Lipinski definition) is 4. The van der Waals surface area contributed by atoms with Crippen LogP contribution in [0.5, 0.6) is 0 Å². The van der Waals surface area contributed by atoms with Gasteiger partial charge in [0.15, 0.2) is 6.29 Å². The molecule has 3 fully saturated rings. The number of carbonyl (C=O) groups is 1. The van der Waals surface area contributed by atoms with Gasteiger partial charge in [-0.1, -0.05) is 27.7 Å². The minimum Gasteiger partial charge on any atom is -0.489 e. The van der Waals surface area contributed by atoms with Crippen molar-refractivity contribution in [1.82, 2.24) is 5.32 Å². The Balaban J connectivity index is 1.85. The van der Waals surface area contributed by atoms with E-state index in [2.05, 4.69) is 12.2 Å². The van der Waals surface area contributed by atoms with Gasteiger partial charge in [-0.05, 0) is 85.3 Å². The Bertz CT molecular complexity index is 1200. The van der Waals surface area contributed by atoms with Crippen molar-refractivity contribution in [2.45, 2.75) is 179 Å². The second kappa shape index (κ2) is 15.9. The molecule has 4 N–H and O–H groups in total. The fourth-order valence-electron chi connectivity index (χ4n) is 9.40. The summed E-state index contributed by atoms with van der Waals surface area (Å²) in [7, 11) is 4.94. The van der Waals surface area contributed by atoms with Crippen LogP contribution in [0.1, 0.15) is 101 Å². The van der Waals surface area contributed by atoms with E-state index in [1.54, 1.807) is 14.0 Å². The van der Waals surface area contributed by atoms with Gasteiger partial charge in [0.1, 0.15) is 41.4 Å². The van der Waals surface area contributed by atoms with Crippen LogP contribution in [0.3, 0.4) is 0 Å². The van der Waals surface area contributed by atoms with Crippen molar-refractivity contribution in [3.05, 3.63) is 11.3 Å². The smallest absolute Gasteiger partial charge is 0.309 e. The summed E-state index contributed by atoms with van der Waals surface area (Å²) in [5.41, 5.74) is -2.05. The summed E-state index contributed by atoms with van der Waals surface area (Å²) >= 11 is 0. The van der Waals surface area contributed by atoms with Gasteiger partial charge in [0.2, 0.25) is 0 Å². The highest BCUT2D eigenvalue weighted by atomic mass is 16.7. The number of esters is 1. The maximum atomic E-state index is 14.3. The molecular weight excluding hydrogens is 646 g/mol. The van der Waals surface area contributed by atoms with E-state index in [-0.39, 0.29) is 30.1 Å². The molecule has 17 atom stereocenters. The minimum atomic E-state index is -1.24. The fraction of sp³-hybridized carbons (Fsp3) is 0.921. The van der Waals surface area contributed by atoms with Crippen molar-refractivity contribution in [3.63, 3.8) is 0 Å². The van der Waals surface area contributed by atoms with Crippen molar-refractivity contribution < 1.29 is 53.3 Å². The van der Waals surface area contributed by atoms with Crippen molar-refractivity contribution in [3.8, 4) is 0 Å². The molecule has 12 heteroatoms. The van der Waals surface area contributed by atoms with Crippen LogP contribution in [0.25, 0.3) is 0 Å². The van der Waals surface area contributed by atoms with Gasteiger partial charge in [0.25, 0.3) is 0 Å². The lowest BCUT2D eigenvalue weighted by Gasteiger charge is -2.48. The number of aliphatic hydroxyl groups excluding tert-OH is 3. The molecule has 2 bridgehead atoms. The molecule has 50 heavy (non-hydrogen) atoms. The molecule has 4 aliphatic rings. The Hall–Kier alpha value is -1.35. The molecule has 0 amide bonds. The lowest BCUT2D eigenvalue weighted by atomic mass is 9.71. The van der Waals surface area contributed by atoms with Gasteiger partial charge in [-0.2, -0.15) is 0 Å². The molecular formula is C38H67NO11. The predicted octanol–water partition coefficient (Wildman–Crippen LogP) is 3.87. The maximum Gasteiger partial charge on any atom is 0.309 e. The minimum absolute atomic E-state index is 0.175. The summed E-state index contributed by atoms with van der Waals surface area (Å²) in [5.74, 6) is -1.66. The number of aliphatic hydroxyl groups is 3. The largest absolute Gasteiger partial charge is 0.489 e. The topological polar surface area (TPSA) is 154 Å². The molecule has 4 heterocycles. The molecule has 1 unspecified atom stereocenters. The summed E-state index contributed by atoms with van der Waals surface area (Å²) in [6, 6.07) is -0.241. The Labute approximate surface area is 299 Å². The van der Waals surface area contributed by atoms with E-state index in [4.69, 9.17) is 33.2 Å². The van der Waals surface area contributed by atoms with E-state index in [1.807, 2.05) is 62.4 Å². The van der Waals surface area contributed by atoms with Gasteiger partial charge in [-0.25, -0.2) is 0 Å². The number of methoxy groups -OCH3 is 2. The number of cyclic esters (lactones) is 1. The molecule has 3 saturated heterocycles. The number of likely N-dealkylation sites (N-methyl/N-ethyl adjacent to an activating group) is 1. The molecule has 0 aromatic heterocycles. The monoisotopic (exact) mass is 713 g/mol. The van der Waals surface area contributed by atoms with Crippen molar-refractivity contribution in [2.75, 3.05) is 21.3 Å². The summed E-state index contributed by atoms with van der Waals surface area (Å²) in [4.78, 5) is 14.3. The van der Waals surface area contributed by atoms with E-state index in [9.17, 15) is 20.1 Å². The predicted molar refractivity (Wildman–Crippen MR) is 187 cm³/mol. The molecule has 0 aliphatic carbocycles. The Morgan fingerprint density at radius 3 is 2.20 bits per heavy atom. The number of nitrogens with one attached hydrogen (secondary N) is 1. The van der Waals surface area contributed by atoms with Crippen LogP contribution in [-0.2, 0) is 38.0 Å². The zero-order valence-corrected chi connectivity index (χ0v) is 32.7. The summed E-state index contributed by atoms with van der Waals surface area (Å²) < 4.78 is 44.7. The number of fused-ring (bicyclic) bond motifs is 2. The van der Waals surface area contributed by atoms with E-state index >= 15 is 0 Å². The lowest BCUT2D eigenvalue weighted by Crippen LogP contribution is -2.59. The van der Waals surface area contributed by atoms with Crippen LogP contribution in [0.4, 0.5) is 0 Å². The van der Waals surface area contributed by atoms with Gasteiger partial charge >= 0.3 is 5.97 Å². The molecule has 0 radical (unpaired) electrons. The van der Waals surface area contributed by atoms with Crippen LogP contribution in [-0.4, -0.2) is 121 Å². The highest BCUT2D eigenvalue weighted by Gasteiger charge is 2.56. The standard InChI is InChI=1S/C38H67NO11/c1-14-28-38(10,45-13)31(41)23(6)30-19(2)17-37(9,50-30)33(49-35-29(40)27(39-11)15-20(3)46-35)21(4)26(22(5)34(43)48-28)16-25-18-36(8,44-12)32(42)24(7)47-25/h20-29,31-33,35,39-42H,14-18H2,1-13H3/t20-,21+,22-,23+,24+,25+,26+,27+,28-,29-,31?,32+,33-,35+,36-,37-,38-/m1/s1. The van der Waals surface area contributed by atoms with Gasteiger partial charge in [-0.3, -0.25) is 4.79 Å². The van der Waals surface area contributed by atoms with E-state index in [0.29, 0.717) is 37.9 Å². The Morgan fingerprint density at radius 2 is 1.62 bits per heavy atom. The molecule has 290 valence electrons. The molecule has 0 aromatic rings. The van der Waals surface area contributed by atoms with Crippen LogP contribution in [0.15, 0.2) is 11.3 Å². The zero-order valence-electron chi connectivity index (χ0n) is 32.7. The summed E-state index contributed by atoms with van der Waals surface area (Å²) in [5, 5.41) is 37.6. The Morgan fingerprint density at radius 1 is 0.960 bits per heavy atom. The van der Waals surface area contributed by atoms with Crippen LogP contribution in [0, 0.1) is 23.7 Å². The third-order valence-corrected chi connectivity index (χ3v) is 12.7. The average molecular weight is 714 g/mol. The van der Waals surface area contributed by atoms with Crippen LogP contribution < -0.4 is 5.32 Å². The third-order valence-electron chi connectivity index (χ3n) is 12.7. The van der Waals surface area contributed by atoms with E-state index in [0.717, 1.165) is 5.57 Å². The normalized spacial score (nSPS) is 49.4. The highest BCUT2D eigenvalue weighted by Crippen LogP contribution is 2.49. The number of carbonyl (C=O) groups excluding carboxylic acids is 1. The molecule has 0 saturated carbocycles. The lowest BCUT2D eigenvalue weighted by molar-refractivity contribution is -0.292. The summed E-state index contributed by atoms with van der Waals surface area (Å²) in [6.07, 6.45) is -3.88. The van der Waals surface area contributed by atoms with Crippen LogP contribution >= 0.6 is 0 Å². The highest BCUT2D eigenvalue weighted by molar-refractivity contribution is 5.72. The van der Waals surface area contributed by atoms with Crippen molar-refractivity contribution in [1.29, 1.82) is 0 Å². The molecule has 0 spiro atoms. The number of rotatable bonds is 8. The van der Waals surface area contributed by atoms with E-state index < -0.39 is 77.5 Å². The van der Waals surface area contributed by atoms with Gasteiger partial charge in [-0.15, -0.1) is 0 Å². The average Bonchev–Trinajstić information content (AvgIpc) is 3.40. The number of ether oxygens (including phenoxy) is 7.